The molecular weight excluding hydrogens is 320 g/mol. The van der Waals surface area contributed by atoms with Crippen molar-refractivity contribution in [1.29, 1.82) is 0 Å². The van der Waals surface area contributed by atoms with Crippen LogP contribution in [0.4, 0.5) is 0 Å². The van der Waals surface area contributed by atoms with E-state index >= 15 is 0 Å². The van der Waals surface area contributed by atoms with Gasteiger partial charge in [0.25, 0.3) is 0 Å². The summed E-state index contributed by atoms with van der Waals surface area (Å²) >= 11 is 0. The first-order chi connectivity index (χ1) is 12.7. The molecule has 0 atom stereocenters. The molecule has 0 bridgehead atoms. The number of hydrogen-bond acceptors (Lipinski definition) is 2. The quantitative estimate of drug-likeness (QED) is 0.462. The van der Waals surface area contributed by atoms with Gasteiger partial charge in [0.15, 0.2) is 0 Å². The van der Waals surface area contributed by atoms with Gasteiger partial charge in [-0.2, -0.15) is 0 Å². The highest BCUT2D eigenvalue weighted by Crippen LogP contribution is 2.33. The Hall–Kier alpha value is -3.39. The molecule has 4 rings (SSSR count). The van der Waals surface area contributed by atoms with E-state index < -0.39 is 0 Å². The van der Waals surface area contributed by atoms with Crippen LogP contribution in [0, 0.1) is 6.92 Å². The molecule has 0 saturated heterocycles. The first-order valence-corrected chi connectivity index (χ1v) is 8.58. The van der Waals surface area contributed by atoms with Crippen molar-refractivity contribution in [2.24, 2.45) is 0 Å². The Bertz CT molecular complexity index is 1080. The fourth-order valence-corrected chi connectivity index (χ4v) is 3.08. The molecule has 126 valence electrons. The number of hydrogen-bond donors (Lipinski definition) is 0. The monoisotopic (exact) mass is 338 g/mol. The van der Waals surface area contributed by atoms with Gasteiger partial charge < -0.3 is 4.42 Å². The van der Waals surface area contributed by atoms with Gasteiger partial charge in [0, 0.05) is 11.1 Å². The second-order valence-corrected chi connectivity index (χ2v) is 6.28. The predicted molar refractivity (Wildman–Crippen MR) is 106 cm³/mol. The molecule has 2 heteroatoms. The SMILES string of the molecule is Cc1ccc(-c2cc(-c3ccccc3)c(-c3ccccc3)c(=O)o2)cc1. The summed E-state index contributed by atoms with van der Waals surface area (Å²) in [6.45, 7) is 2.04. The van der Waals surface area contributed by atoms with Crippen LogP contribution in [0.15, 0.2) is 100 Å². The van der Waals surface area contributed by atoms with Crippen molar-refractivity contribution >= 4 is 0 Å². The first-order valence-electron chi connectivity index (χ1n) is 8.58. The van der Waals surface area contributed by atoms with Gasteiger partial charge in [-0.1, -0.05) is 90.5 Å². The van der Waals surface area contributed by atoms with E-state index in [9.17, 15) is 4.79 Å². The van der Waals surface area contributed by atoms with Gasteiger partial charge in [0.1, 0.15) is 5.76 Å². The molecule has 0 N–H and O–H groups in total. The van der Waals surface area contributed by atoms with Crippen molar-refractivity contribution < 1.29 is 4.42 Å². The molecule has 4 aromatic rings. The smallest absolute Gasteiger partial charge is 0.344 e. The summed E-state index contributed by atoms with van der Waals surface area (Å²) in [5.74, 6) is 0.577. The minimum atomic E-state index is -0.326. The maximum Gasteiger partial charge on any atom is 0.344 e. The van der Waals surface area contributed by atoms with E-state index in [0.717, 1.165) is 22.3 Å². The highest BCUT2D eigenvalue weighted by molar-refractivity contribution is 5.84. The van der Waals surface area contributed by atoms with Crippen LogP contribution < -0.4 is 5.63 Å². The Morgan fingerprint density at radius 1 is 0.654 bits per heavy atom. The topological polar surface area (TPSA) is 30.2 Å². The average molecular weight is 338 g/mol. The minimum absolute atomic E-state index is 0.326. The van der Waals surface area contributed by atoms with Crippen molar-refractivity contribution in [2.45, 2.75) is 6.92 Å². The Morgan fingerprint density at radius 3 is 1.85 bits per heavy atom. The summed E-state index contributed by atoms with van der Waals surface area (Å²) < 4.78 is 5.70. The molecular formula is C24H18O2. The molecule has 0 spiro atoms. The molecule has 0 aliphatic rings. The summed E-state index contributed by atoms with van der Waals surface area (Å²) in [6.07, 6.45) is 0. The van der Waals surface area contributed by atoms with Crippen LogP contribution in [-0.4, -0.2) is 0 Å². The van der Waals surface area contributed by atoms with Crippen LogP contribution in [0.25, 0.3) is 33.6 Å². The molecule has 0 saturated carbocycles. The Labute approximate surface area is 152 Å². The Balaban J connectivity index is 1.98. The summed E-state index contributed by atoms with van der Waals surface area (Å²) in [6, 6.07) is 29.6. The number of aryl methyl sites for hydroxylation is 1. The van der Waals surface area contributed by atoms with Crippen molar-refractivity contribution in [3.8, 4) is 33.6 Å². The van der Waals surface area contributed by atoms with E-state index in [-0.39, 0.29) is 5.63 Å². The third-order valence-corrected chi connectivity index (χ3v) is 4.43. The Morgan fingerprint density at radius 2 is 1.23 bits per heavy atom. The summed E-state index contributed by atoms with van der Waals surface area (Å²) in [5, 5.41) is 0. The van der Waals surface area contributed by atoms with Crippen LogP contribution in [-0.2, 0) is 0 Å². The molecule has 3 aromatic carbocycles. The zero-order valence-corrected chi connectivity index (χ0v) is 14.5. The molecule has 0 amide bonds. The molecule has 1 aromatic heterocycles. The van der Waals surface area contributed by atoms with E-state index in [2.05, 4.69) is 0 Å². The van der Waals surface area contributed by atoms with Crippen LogP contribution >= 0.6 is 0 Å². The Kier molecular flexibility index (Phi) is 4.24. The molecule has 26 heavy (non-hydrogen) atoms. The zero-order valence-electron chi connectivity index (χ0n) is 14.5. The molecule has 0 aliphatic heterocycles. The van der Waals surface area contributed by atoms with Gasteiger partial charge in [-0.3, -0.25) is 0 Å². The van der Waals surface area contributed by atoms with Gasteiger partial charge in [-0.25, -0.2) is 4.79 Å². The van der Waals surface area contributed by atoms with Gasteiger partial charge in [-0.15, -0.1) is 0 Å². The lowest BCUT2D eigenvalue weighted by atomic mass is 9.95. The lowest BCUT2D eigenvalue weighted by Gasteiger charge is -2.11. The van der Waals surface area contributed by atoms with E-state index in [0.29, 0.717) is 11.3 Å². The van der Waals surface area contributed by atoms with Crippen LogP contribution in [0.2, 0.25) is 0 Å². The highest BCUT2D eigenvalue weighted by atomic mass is 16.4. The summed E-state index contributed by atoms with van der Waals surface area (Å²) in [4.78, 5) is 12.9. The van der Waals surface area contributed by atoms with E-state index in [4.69, 9.17) is 4.42 Å². The summed E-state index contributed by atoms with van der Waals surface area (Å²) in [7, 11) is 0. The number of benzene rings is 3. The van der Waals surface area contributed by atoms with Crippen molar-refractivity contribution in [1.82, 2.24) is 0 Å². The average Bonchev–Trinajstić information content (AvgIpc) is 2.69. The summed E-state index contributed by atoms with van der Waals surface area (Å²) in [5.41, 5.74) is 5.05. The maximum absolute atomic E-state index is 12.9. The largest absolute Gasteiger partial charge is 0.422 e. The third kappa shape index (κ3) is 3.09. The standard InChI is InChI=1S/C24H18O2/c1-17-12-14-19(15-13-17)22-16-21(18-8-4-2-5-9-18)23(24(25)26-22)20-10-6-3-7-11-20/h2-16H,1H3. The second kappa shape index (κ2) is 6.85. The van der Waals surface area contributed by atoms with Crippen LogP contribution in [0.1, 0.15) is 5.56 Å². The van der Waals surface area contributed by atoms with Crippen molar-refractivity contribution in [2.75, 3.05) is 0 Å². The van der Waals surface area contributed by atoms with E-state index in [1.54, 1.807) is 0 Å². The fraction of sp³-hybridized carbons (Fsp3) is 0.0417. The molecule has 2 nitrogen and oxygen atoms in total. The van der Waals surface area contributed by atoms with Crippen LogP contribution in [0.5, 0.6) is 0 Å². The normalized spacial score (nSPS) is 10.7. The fourth-order valence-electron chi connectivity index (χ4n) is 3.08. The van der Waals surface area contributed by atoms with Crippen molar-refractivity contribution in [3.05, 3.63) is 107 Å². The van der Waals surface area contributed by atoms with Crippen molar-refractivity contribution in [3.63, 3.8) is 0 Å². The molecule has 0 unspecified atom stereocenters. The zero-order chi connectivity index (χ0) is 17.9. The maximum atomic E-state index is 12.9. The van der Waals surface area contributed by atoms with Gasteiger partial charge >= 0.3 is 5.63 Å². The van der Waals surface area contributed by atoms with Gasteiger partial charge in [-0.05, 0) is 24.1 Å². The molecule has 0 aliphatic carbocycles. The molecule has 0 fully saturated rings. The highest BCUT2D eigenvalue weighted by Gasteiger charge is 2.16. The molecule has 1 heterocycles. The third-order valence-electron chi connectivity index (χ3n) is 4.43. The van der Waals surface area contributed by atoms with Crippen LogP contribution in [0.3, 0.4) is 0 Å². The van der Waals surface area contributed by atoms with E-state index in [1.807, 2.05) is 97.9 Å². The first kappa shape index (κ1) is 16.1. The predicted octanol–water partition coefficient (Wildman–Crippen LogP) is 5.95. The number of rotatable bonds is 3. The second-order valence-electron chi connectivity index (χ2n) is 6.28. The van der Waals surface area contributed by atoms with E-state index in [1.165, 1.54) is 5.56 Å². The molecule has 0 radical (unpaired) electrons. The lowest BCUT2D eigenvalue weighted by molar-refractivity contribution is 0.529. The lowest BCUT2D eigenvalue weighted by Crippen LogP contribution is -2.06. The van der Waals surface area contributed by atoms with Gasteiger partial charge in [0.2, 0.25) is 0 Å². The minimum Gasteiger partial charge on any atom is -0.422 e. The van der Waals surface area contributed by atoms with Gasteiger partial charge in [0.05, 0.1) is 5.56 Å².